The Kier molecular flexibility index (Phi) is 4.02. The van der Waals surface area contributed by atoms with Crippen molar-refractivity contribution in [2.75, 3.05) is 5.32 Å². The minimum absolute atomic E-state index is 0.0884. The number of aromatic nitrogens is 2. The van der Waals surface area contributed by atoms with Gasteiger partial charge < -0.3 is 5.32 Å². The number of aromatic amines is 1. The molecule has 0 aliphatic carbocycles. The van der Waals surface area contributed by atoms with Gasteiger partial charge in [0.25, 0.3) is 11.6 Å². The Morgan fingerprint density at radius 3 is 2.58 bits per heavy atom. The molecule has 8 heteroatoms. The van der Waals surface area contributed by atoms with Gasteiger partial charge in [-0.15, -0.1) is 0 Å². The van der Waals surface area contributed by atoms with Gasteiger partial charge in [-0.3, -0.25) is 20.0 Å². The first-order valence-corrected chi connectivity index (χ1v) is 6.91. The van der Waals surface area contributed by atoms with Crippen LogP contribution < -0.4 is 5.32 Å². The average molecular weight is 326 g/mol. The normalized spacial score (nSPS) is 10.4. The number of carbonyl (C=O) groups is 1. The van der Waals surface area contributed by atoms with Crippen molar-refractivity contribution in [2.45, 2.75) is 0 Å². The topological polar surface area (TPSA) is 101 Å². The summed E-state index contributed by atoms with van der Waals surface area (Å²) >= 11 is 0. The summed E-state index contributed by atoms with van der Waals surface area (Å²) in [5.74, 6) is -0.936. The zero-order chi connectivity index (χ0) is 17.1. The molecule has 0 saturated heterocycles. The molecule has 2 aromatic carbocycles. The van der Waals surface area contributed by atoms with Crippen molar-refractivity contribution in [3.8, 4) is 11.3 Å². The van der Waals surface area contributed by atoms with E-state index in [9.17, 15) is 19.3 Å². The molecule has 0 spiro atoms. The molecule has 0 unspecified atom stereocenters. The number of carbonyl (C=O) groups excluding carboxylic acids is 1. The van der Waals surface area contributed by atoms with E-state index in [4.69, 9.17) is 0 Å². The fourth-order valence-corrected chi connectivity index (χ4v) is 2.13. The van der Waals surface area contributed by atoms with E-state index in [-0.39, 0.29) is 22.9 Å². The van der Waals surface area contributed by atoms with Crippen LogP contribution in [0.25, 0.3) is 11.3 Å². The van der Waals surface area contributed by atoms with E-state index in [1.807, 2.05) is 0 Å². The molecule has 1 amide bonds. The summed E-state index contributed by atoms with van der Waals surface area (Å²) in [5, 5.41) is 20.0. The number of nitrogens with zero attached hydrogens (tertiary/aromatic N) is 2. The SMILES string of the molecule is O=C(Nc1ccccc1[N+](=O)[O-])c1cc(-c2ccc(F)cc2)n[nH]1. The monoisotopic (exact) mass is 326 g/mol. The number of rotatable bonds is 4. The van der Waals surface area contributed by atoms with E-state index in [0.29, 0.717) is 11.3 Å². The minimum Gasteiger partial charge on any atom is -0.315 e. The Balaban J connectivity index is 1.82. The lowest BCUT2D eigenvalue weighted by molar-refractivity contribution is -0.383. The highest BCUT2D eigenvalue weighted by atomic mass is 19.1. The lowest BCUT2D eigenvalue weighted by Crippen LogP contribution is -2.13. The van der Waals surface area contributed by atoms with Crippen LogP contribution in [-0.4, -0.2) is 21.0 Å². The van der Waals surface area contributed by atoms with Crippen LogP contribution in [-0.2, 0) is 0 Å². The van der Waals surface area contributed by atoms with Crippen molar-refractivity contribution in [2.24, 2.45) is 0 Å². The zero-order valence-corrected chi connectivity index (χ0v) is 12.2. The first-order chi connectivity index (χ1) is 11.5. The Morgan fingerprint density at radius 1 is 1.17 bits per heavy atom. The highest BCUT2D eigenvalue weighted by molar-refractivity contribution is 6.04. The van der Waals surface area contributed by atoms with Gasteiger partial charge in [0.2, 0.25) is 0 Å². The standard InChI is InChI=1S/C16H11FN4O3/c17-11-7-5-10(6-8-11)13-9-14(20-19-13)16(22)18-12-3-1-2-4-15(12)21(23)24/h1-9H,(H,18,22)(H,19,20). The van der Waals surface area contributed by atoms with Crippen LogP contribution in [0.1, 0.15) is 10.5 Å². The Hall–Kier alpha value is -3.55. The maximum Gasteiger partial charge on any atom is 0.292 e. The molecule has 0 bridgehead atoms. The first-order valence-electron chi connectivity index (χ1n) is 6.91. The smallest absolute Gasteiger partial charge is 0.292 e. The van der Waals surface area contributed by atoms with E-state index in [2.05, 4.69) is 15.5 Å². The third-order valence-electron chi connectivity index (χ3n) is 3.31. The highest BCUT2D eigenvalue weighted by Gasteiger charge is 2.17. The number of benzene rings is 2. The van der Waals surface area contributed by atoms with Crippen LogP contribution in [0.2, 0.25) is 0 Å². The zero-order valence-electron chi connectivity index (χ0n) is 12.2. The van der Waals surface area contributed by atoms with Crippen molar-refractivity contribution in [1.29, 1.82) is 0 Å². The van der Waals surface area contributed by atoms with Crippen molar-refractivity contribution in [1.82, 2.24) is 10.2 Å². The van der Waals surface area contributed by atoms with Crippen molar-refractivity contribution in [3.63, 3.8) is 0 Å². The molecule has 7 nitrogen and oxygen atoms in total. The lowest BCUT2D eigenvalue weighted by atomic mass is 10.1. The Labute approximate surface area is 135 Å². The summed E-state index contributed by atoms with van der Waals surface area (Å²) in [4.78, 5) is 22.6. The average Bonchev–Trinajstić information content (AvgIpc) is 3.06. The molecular weight excluding hydrogens is 315 g/mol. The molecule has 24 heavy (non-hydrogen) atoms. The van der Waals surface area contributed by atoms with Crippen LogP contribution in [0.3, 0.4) is 0 Å². The van der Waals surface area contributed by atoms with Crippen LogP contribution in [0.5, 0.6) is 0 Å². The maximum atomic E-state index is 12.9. The Bertz CT molecular complexity index is 906. The number of hydrogen-bond acceptors (Lipinski definition) is 4. The molecule has 0 fully saturated rings. The number of nitro benzene ring substituents is 1. The highest BCUT2D eigenvalue weighted by Crippen LogP contribution is 2.24. The number of halogens is 1. The molecule has 3 rings (SSSR count). The molecular formula is C16H11FN4O3. The van der Waals surface area contributed by atoms with Crippen molar-refractivity contribution in [3.05, 3.63) is 76.2 Å². The molecule has 0 radical (unpaired) electrons. The van der Waals surface area contributed by atoms with E-state index in [1.54, 1.807) is 6.07 Å². The molecule has 0 aliphatic rings. The second-order valence-electron chi connectivity index (χ2n) is 4.90. The second kappa shape index (κ2) is 6.29. The number of amides is 1. The summed E-state index contributed by atoms with van der Waals surface area (Å²) in [6.45, 7) is 0. The van der Waals surface area contributed by atoms with Gasteiger partial charge in [0.15, 0.2) is 0 Å². The molecule has 1 heterocycles. The fourth-order valence-electron chi connectivity index (χ4n) is 2.13. The van der Waals surface area contributed by atoms with Crippen LogP contribution in [0.15, 0.2) is 54.6 Å². The second-order valence-corrected chi connectivity index (χ2v) is 4.90. The van der Waals surface area contributed by atoms with E-state index in [1.165, 1.54) is 48.5 Å². The quantitative estimate of drug-likeness (QED) is 0.567. The summed E-state index contributed by atoms with van der Waals surface area (Å²) < 4.78 is 12.9. The molecule has 2 N–H and O–H groups in total. The van der Waals surface area contributed by atoms with Crippen molar-refractivity contribution >= 4 is 17.3 Å². The van der Waals surface area contributed by atoms with Crippen molar-refractivity contribution < 1.29 is 14.1 Å². The van der Waals surface area contributed by atoms with Crippen LogP contribution in [0, 0.1) is 15.9 Å². The molecule has 120 valence electrons. The number of anilines is 1. The fraction of sp³-hybridized carbons (Fsp3) is 0. The molecule has 0 atom stereocenters. The van der Waals surface area contributed by atoms with Gasteiger partial charge in [-0.05, 0) is 36.4 Å². The van der Waals surface area contributed by atoms with Gasteiger partial charge in [-0.25, -0.2) is 4.39 Å². The largest absolute Gasteiger partial charge is 0.315 e. The van der Waals surface area contributed by atoms with Gasteiger partial charge in [0.1, 0.15) is 17.2 Å². The Morgan fingerprint density at radius 2 is 1.88 bits per heavy atom. The molecule has 0 saturated carbocycles. The predicted octanol–water partition coefficient (Wildman–Crippen LogP) is 3.38. The van der Waals surface area contributed by atoms with Gasteiger partial charge in [0.05, 0.1) is 10.6 Å². The summed E-state index contributed by atoms with van der Waals surface area (Å²) in [5.41, 5.74) is 1.11. The van der Waals surface area contributed by atoms with E-state index >= 15 is 0 Å². The lowest BCUT2D eigenvalue weighted by Gasteiger charge is -2.03. The van der Waals surface area contributed by atoms with E-state index in [0.717, 1.165) is 0 Å². The third kappa shape index (κ3) is 3.12. The maximum absolute atomic E-state index is 12.9. The minimum atomic E-state index is -0.577. The summed E-state index contributed by atoms with van der Waals surface area (Å²) in [7, 11) is 0. The van der Waals surface area contributed by atoms with E-state index < -0.39 is 10.8 Å². The third-order valence-corrected chi connectivity index (χ3v) is 3.31. The molecule has 0 aliphatic heterocycles. The predicted molar refractivity (Wildman–Crippen MR) is 85.0 cm³/mol. The number of hydrogen-bond donors (Lipinski definition) is 2. The number of nitrogens with one attached hydrogen (secondary N) is 2. The van der Waals surface area contributed by atoms with Gasteiger partial charge in [-0.2, -0.15) is 5.10 Å². The number of nitro groups is 1. The van der Waals surface area contributed by atoms with Gasteiger partial charge in [-0.1, -0.05) is 12.1 Å². The van der Waals surface area contributed by atoms with Crippen LogP contribution >= 0.6 is 0 Å². The number of para-hydroxylation sites is 2. The number of H-pyrrole nitrogens is 1. The molecule has 3 aromatic rings. The molecule has 1 aromatic heterocycles. The summed E-state index contributed by atoms with van der Waals surface area (Å²) in [6, 6.07) is 13.0. The summed E-state index contributed by atoms with van der Waals surface area (Å²) in [6.07, 6.45) is 0. The van der Waals surface area contributed by atoms with Gasteiger partial charge >= 0.3 is 0 Å². The van der Waals surface area contributed by atoms with Gasteiger partial charge in [0, 0.05) is 11.6 Å². The van der Waals surface area contributed by atoms with Crippen LogP contribution in [0.4, 0.5) is 15.8 Å². The first kappa shape index (κ1) is 15.3.